The second-order valence-electron chi connectivity index (χ2n) is 7.15. The predicted octanol–water partition coefficient (Wildman–Crippen LogP) is 1.61. The van der Waals surface area contributed by atoms with Crippen molar-refractivity contribution in [2.75, 3.05) is 16.8 Å². The van der Waals surface area contributed by atoms with Crippen LogP contribution in [0.5, 0.6) is 0 Å². The molecule has 4 rings (SSSR count). The van der Waals surface area contributed by atoms with E-state index in [0.717, 1.165) is 23.0 Å². The van der Waals surface area contributed by atoms with Crippen LogP contribution >= 0.6 is 0 Å². The number of nitrogens with one attached hydrogen (secondary N) is 1. The molecule has 3 aromatic rings. The lowest BCUT2D eigenvalue weighted by atomic mass is 10.1. The number of benzene rings is 1. The first-order chi connectivity index (χ1) is 14.5. The average Bonchev–Trinajstić information content (AvgIpc) is 3.27. The standard InChI is InChI=1S/C18H16F3N5O4S/c19-18(20,21)13-3-1-2-4-14(13)24-15(27)8-25-10-22-16-12(17(25)28)7-23-26(16)11-5-6-31(29,30)9-11/h1-4,7,10-11H,5-6,8-9H2,(H,24,27). The minimum absolute atomic E-state index is 0.0235. The second kappa shape index (κ2) is 7.48. The molecule has 1 aromatic carbocycles. The summed E-state index contributed by atoms with van der Waals surface area (Å²) in [5.41, 5.74) is -1.85. The molecule has 0 aliphatic carbocycles. The molecule has 164 valence electrons. The molecule has 1 amide bonds. The first-order valence-corrected chi connectivity index (χ1v) is 11.0. The van der Waals surface area contributed by atoms with Crippen LogP contribution in [-0.4, -0.2) is 45.2 Å². The molecule has 1 saturated heterocycles. The number of hydrogen-bond donors (Lipinski definition) is 1. The summed E-state index contributed by atoms with van der Waals surface area (Å²) in [7, 11) is -3.17. The van der Waals surface area contributed by atoms with E-state index in [0.29, 0.717) is 6.42 Å². The van der Waals surface area contributed by atoms with E-state index >= 15 is 0 Å². The molecule has 13 heteroatoms. The molecule has 0 saturated carbocycles. The number of alkyl halides is 3. The number of rotatable bonds is 4. The number of aromatic nitrogens is 4. The number of hydrogen-bond acceptors (Lipinski definition) is 6. The van der Waals surface area contributed by atoms with Crippen molar-refractivity contribution in [3.8, 4) is 0 Å². The molecule has 3 heterocycles. The smallest absolute Gasteiger partial charge is 0.324 e. The summed E-state index contributed by atoms with van der Waals surface area (Å²) >= 11 is 0. The van der Waals surface area contributed by atoms with Gasteiger partial charge in [-0.3, -0.25) is 14.2 Å². The summed E-state index contributed by atoms with van der Waals surface area (Å²) < 4.78 is 65.0. The van der Waals surface area contributed by atoms with Gasteiger partial charge in [-0.15, -0.1) is 0 Å². The van der Waals surface area contributed by atoms with Crippen LogP contribution in [-0.2, 0) is 27.4 Å². The second-order valence-corrected chi connectivity index (χ2v) is 9.38. The number of anilines is 1. The van der Waals surface area contributed by atoms with Crippen molar-refractivity contribution in [2.45, 2.75) is 25.2 Å². The van der Waals surface area contributed by atoms with E-state index in [9.17, 15) is 31.2 Å². The van der Waals surface area contributed by atoms with Gasteiger partial charge in [0.05, 0.1) is 35.0 Å². The highest BCUT2D eigenvalue weighted by atomic mass is 32.2. The number of fused-ring (bicyclic) bond motifs is 1. The van der Waals surface area contributed by atoms with Crippen LogP contribution in [0.3, 0.4) is 0 Å². The molecule has 31 heavy (non-hydrogen) atoms. The zero-order valence-corrected chi connectivity index (χ0v) is 16.7. The molecule has 9 nitrogen and oxygen atoms in total. The van der Waals surface area contributed by atoms with Crippen molar-refractivity contribution < 1.29 is 26.4 Å². The van der Waals surface area contributed by atoms with E-state index < -0.39 is 51.3 Å². The van der Waals surface area contributed by atoms with Gasteiger partial charge in [0.25, 0.3) is 5.56 Å². The van der Waals surface area contributed by atoms with Gasteiger partial charge in [-0.2, -0.15) is 18.3 Å². The minimum atomic E-state index is -4.65. The highest BCUT2D eigenvalue weighted by Gasteiger charge is 2.34. The molecule has 0 radical (unpaired) electrons. The fraction of sp³-hybridized carbons (Fsp3) is 0.333. The molecular formula is C18H16F3N5O4S. The van der Waals surface area contributed by atoms with Crippen LogP contribution in [0.4, 0.5) is 18.9 Å². The molecule has 2 aromatic heterocycles. The number of carbonyl (C=O) groups excluding carboxylic acids is 1. The fourth-order valence-corrected chi connectivity index (χ4v) is 5.19. The summed E-state index contributed by atoms with van der Waals surface area (Å²) in [6.07, 6.45) is -1.97. The van der Waals surface area contributed by atoms with Gasteiger partial charge in [0.1, 0.15) is 18.3 Å². The molecule has 1 N–H and O–H groups in total. The number of carbonyl (C=O) groups is 1. The van der Waals surface area contributed by atoms with E-state index in [2.05, 4.69) is 15.4 Å². The Bertz CT molecular complexity index is 1330. The van der Waals surface area contributed by atoms with Gasteiger partial charge in [-0.1, -0.05) is 12.1 Å². The van der Waals surface area contributed by atoms with Crippen LogP contribution in [0, 0.1) is 0 Å². The Kier molecular flexibility index (Phi) is 5.07. The predicted molar refractivity (Wildman–Crippen MR) is 104 cm³/mol. The fourth-order valence-electron chi connectivity index (χ4n) is 3.50. The quantitative estimate of drug-likeness (QED) is 0.639. The van der Waals surface area contributed by atoms with Crippen molar-refractivity contribution in [3.63, 3.8) is 0 Å². The monoisotopic (exact) mass is 455 g/mol. The number of sulfone groups is 1. The molecule has 1 aliphatic rings. The van der Waals surface area contributed by atoms with Crippen LogP contribution in [0.25, 0.3) is 11.0 Å². The highest BCUT2D eigenvalue weighted by Crippen LogP contribution is 2.34. The van der Waals surface area contributed by atoms with Gasteiger partial charge in [0, 0.05) is 0 Å². The Labute approximate surface area is 173 Å². The van der Waals surface area contributed by atoms with Crippen LogP contribution in [0.15, 0.2) is 41.6 Å². The van der Waals surface area contributed by atoms with Gasteiger partial charge in [0.2, 0.25) is 5.91 Å². The van der Waals surface area contributed by atoms with E-state index in [4.69, 9.17) is 0 Å². The molecule has 1 unspecified atom stereocenters. The average molecular weight is 455 g/mol. The maximum absolute atomic E-state index is 13.1. The number of amides is 1. The Balaban J connectivity index is 1.57. The Morgan fingerprint density at radius 3 is 2.68 bits per heavy atom. The number of nitrogens with zero attached hydrogens (tertiary/aromatic N) is 4. The molecule has 1 aliphatic heterocycles. The zero-order valence-electron chi connectivity index (χ0n) is 15.8. The van der Waals surface area contributed by atoms with Crippen molar-refractivity contribution in [1.82, 2.24) is 19.3 Å². The maximum atomic E-state index is 13.1. The van der Waals surface area contributed by atoms with Crippen molar-refractivity contribution in [2.24, 2.45) is 0 Å². The van der Waals surface area contributed by atoms with Gasteiger partial charge in [-0.25, -0.2) is 18.1 Å². The Morgan fingerprint density at radius 2 is 2.00 bits per heavy atom. The molecular weight excluding hydrogens is 439 g/mol. The van der Waals surface area contributed by atoms with Crippen molar-refractivity contribution in [3.05, 3.63) is 52.7 Å². The highest BCUT2D eigenvalue weighted by molar-refractivity contribution is 7.91. The van der Waals surface area contributed by atoms with Crippen LogP contribution < -0.4 is 10.9 Å². The molecule has 0 spiro atoms. The van der Waals surface area contributed by atoms with Gasteiger partial charge in [-0.05, 0) is 18.6 Å². The van der Waals surface area contributed by atoms with Crippen LogP contribution in [0.2, 0.25) is 0 Å². The Hall–Kier alpha value is -3.22. The van der Waals surface area contributed by atoms with E-state index in [1.54, 1.807) is 0 Å². The third-order valence-electron chi connectivity index (χ3n) is 4.95. The van der Waals surface area contributed by atoms with E-state index in [1.807, 2.05) is 0 Å². The van der Waals surface area contributed by atoms with Gasteiger partial charge < -0.3 is 5.32 Å². The zero-order chi connectivity index (χ0) is 22.4. The lowest BCUT2D eigenvalue weighted by Gasteiger charge is -2.14. The largest absolute Gasteiger partial charge is 0.418 e. The van der Waals surface area contributed by atoms with E-state index in [-0.39, 0.29) is 22.5 Å². The molecule has 1 fully saturated rings. The third-order valence-corrected chi connectivity index (χ3v) is 6.70. The van der Waals surface area contributed by atoms with Crippen LogP contribution in [0.1, 0.15) is 18.0 Å². The lowest BCUT2D eigenvalue weighted by molar-refractivity contribution is -0.137. The number of para-hydroxylation sites is 1. The minimum Gasteiger partial charge on any atom is -0.324 e. The first-order valence-electron chi connectivity index (χ1n) is 9.14. The lowest BCUT2D eigenvalue weighted by Crippen LogP contribution is -2.28. The summed E-state index contributed by atoms with van der Waals surface area (Å²) in [6.45, 7) is -0.559. The van der Waals surface area contributed by atoms with Gasteiger partial charge >= 0.3 is 6.18 Å². The molecule has 1 atom stereocenters. The van der Waals surface area contributed by atoms with Gasteiger partial charge in [0.15, 0.2) is 15.5 Å². The summed E-state index contributed by atoms with van der Waals surface area (Å²) in [5, 5.41) is 6.33. The first kappa shape index (κ1) is 21.0. The SMILES string of the molecule is O=C(Cn1cnc2c(cnn2C2CCS(=O)(=O)C2)c1=O)Nc1ccccc1C(F)(F)F. The van der Waals surface area contributed by atoms with E-state index in [1.165, 1.54) is 23.0 Å². The summed E-state index contributed by atoms with van der Waals surface area (Å²) in [6, 6.07) is 4.07. The topological polar surface area (TPSA) is 116 Å². The third kappa shape index (κ3) is 4.17. The normalized spacial score (nSPS) is 18.4. The van der Waals surface area contributed by atoms with Crippen molar-refractivity contribution >= 4 is 32.5 Å². The maximum Gasteiger partial charge on any atom is 0.418 e. The van der Waals surface area contributed by atoms with Crippen molar-refractivity contribution in [1.29, 1.82) is 0 Å². The summed E-state index contributed by atoms with van der Waals surface area (Å²) in [5.74, 6) is -0.917. The summed E-state index contributed by atoms with van der Waals surface area (Å²) in [4.78, 5) is 29.1. The Morgan fingerprint density at radius 1 is 1.26 bits per heavy atom. The number of halogens is 3. The molecule has 0 bridgehead atoms.